The van der Waals surface area contributed by atoms with Gasteiger partial charge in [-0.1, -0.05) is 59.6 Å². The number of rotatable bonds is 4. The zero-order chi connectivity index (χ0) is 16.1. The number of aliphatic hydroxyl groups excluding tert-OH is 1. The van der Waals surface area contributed by atoms with Crippen molar-refractivity contribution in [1.82, 2.24) is 0 Å². The maximum absolute atomic E-state index is 12.0. The number of hydrogen-bond acceptors (Lipinski definition) is 3. The zero-order valence-corrected chi connectivity index (χ0v) is 13.3. The molecular formula is C17H14Cl2O3. The van der Waals surface area contributed by atoms with Crippen LogP contribution in [0.25, 0.3) is 6.08 Å². The zero-order valence-electron chi connectivity index (χ0n) is 11.8. The van der Waals surface area contributed by atoms with Crippen LogP contribution in [0.3, 0.4) is 0 Å². The number of aliphatic hydroxyl groups is 1. The molecule has 0 saturated heterocycles. The molecule has 1 atom stereocenters. The highest BCUT2D eigenvalue weighted by atomic mass is 35.5. The number of esters is 1. The highest BCUT2D eigenvalue weighted by Gasteiger charge is 2.25. The summed E-state index contributed by atoms with van der Waals surface area (Å²) in [6.45, 7) is 0. The third kappa shape index (κ3) is 3.69. The number of carbonyl (C=O) groups is 1. The summed E-state index contributed by atoms with van der Waals surface area (Å²) >= 11 is 12.2. The van der Waals surface area contributed by atoms with Crippen LogP contribution in [0.4, 0.5) is 0 Å². The minimum Gasteiger partial charge on any atom is -0.466 e. The molecule has 0 aliphatic rings. The Hall–Kier alpha value is -1.81. The molecule has 0 radical (unpaired) electrons. The summed E-state index contributed by atoms with van der Waals surface area (Å²) in [4.78, 5) is 12.0. The third-order valence-corrected chi connectivity index (χ3v) is 3.77. The van der Waals surface area contributed by atoms with Crippen LogP contribution >= 0.6 is 23.2 Å². The Labute approximate surface area is 138 Å². The molecule has 2 rings (SSSR count). The monoisotopic (exact) mass is 336 g/mol. The number of carbonyl (C=O) groups excluding carboxylic acids is 1. The molecule has 0 bridgehead atoms. The fourth-order valence-corrected chi connectivity index (χ4v) is 2.63. The Balaban J connectivity index is 2.51. The number of halogens is 2. The average Bonchev–Trinajstić information content (AvgIpc) is 2.52. The number of hydrogen-bond donors (Lipinski definition) is 1. The molecule has 3 nitrogen and oxygen atoms in total. The van der Waals surface area contributed by atoms with E-state index < -0.39 is 12.1 Å². The lowest BCUT2D eigenvalue weighted by molar-refractivity contribution is -0.137. The van der Waals surface area contributed by atoms with E-state index in [2.05, 4.69) is 0 Å². The Kier molecular flexibility index (Phi) is 5.61. The topological polar surface area (TPSA) is 46.5 Å². The summed E-state index contributed by atoms with van der Waals surface area (Å²) in [7, 11) is 1.25. The second-order valence-corrected chi connectivity index (χ2v) is 5.35. The second-order valence-electron chi connectivity index (χ2n) is 4.54. The van der Waals surface area contributed by atoms with Gasteiger partial charge in [0.25, 0.3) is 0 Å². The van der Waals surface area contributed by atoms with Gasteiger partial charge in [0, 0.05) is 15.6 Å². The molecule has 0 amide bonds. The first-order valence-electron chi connectivity index (χ1n) is 6.51. The summed E-state index contributed by atoms with van der Waals surface area (Å²) in [5, 5.41) is 11.1. The summed E-state index contributed by atoms with van der Waals surface area (Å²) in [5.41, 5.74) is 1.09. The predicted octanol–water partition coefficient (Wildman–Crippen LogP) is 4.28. The van der Waals surface area contributed by atoms with E-state index in [1.807, 2.05) is 30.3 Å². The molecule has 0 spiro atoms. The largest absolute Gasteiger partial charge is 0.466 e. The molecule has 2 aromatic carbocycles. The Morgan fingerprint density at radius 3 is 2.23 bits per heavy atom. The van der Waals surface area contributed by atoms with Gasteiger partial charge in [0.2, 0.25) is 0 Å². The minimum absolute atomic E-state index is 0.0590. The fraction of sp³-hybridized carbons (Fsp3) is 0.118. The van der Waals surface area contributed by atoms with Crippen LogP contribution in [0.2, 0.25) is 10.0 Å². The van der Waals surface area contributed by atoms with Crippen LogP contribution in [-0.4, -0.2) is 18.2 Å². The number of ether oxygens (including phenoxy) is 1. The molecule has 1 N–H and O–H groups in total. The van der Waals surface area contributed by atoms with Crippen LogP contribution in [0.15, 0.2) is 54.1 Å². The smallest absolute Gasteiger partial charge is 0.336 e. The summed E-state index contributed by atoms with van der Waals surface area (Å²) in [5.74, 6) is -0.646. The van der Waals surface area contributed by atoms with Crippen molar-refractivity contribution in [3.05, 3.63) is 75.3 Å². The maximum Gasteiger partial charge on any atom is 0.336 e. The van der Waals surface area contributed by atoms with Crippen molar-refractivity contribution in [1.29, 1.82) is 0 Å². The maximum atomic E-state index is 12.0. The first-order valence-corrected chi connectivity index (χ1v) is 7.27. The molecule has 22 heavy (non-hydrogen) atoms. The molecule has 0 aliphatic carbocycles. The van der Waals surface area contributed by atoms with Crippen molar-refractivity contribution in [2.45, 2.75) is 6.10 Å². The molecule has 114 valence electrons. The van der Waals surface area contributed by atoms with Gasteiger partial charge in [-0.3, -0.25) is 0 Å². The SMILES string of the molecule is COC(=O)/C(=C\c1ccccc1)C(O)c1c(Cl)cccc1Cl. The molecular weight excluding hydrogens is 323 g/mol. The van der Waals surface area contributed by atoms with Crippen molar-refractivity contribution in [3.8, 4) is 0 Å². The van der Waals surface area contributed by atoms with Crippen LogP contribution in [0.5, 0.6) is 0 Å². The van der Waals surface area contributed by atoms with E-state index in [-0.39, 0.29) is 21.2 Å². The minimum atomic E-state index is -1.28. The fourth-order valence-electron chi connectivity index (χ4n) is 2.02. The van der Waals surface area contributed by atoms with Gasteiger partial charge in [0.15, 0.2) is 0 Å². The van der Waals surface area contributed by atoms with Crippen molar-refractivity contribution < 1.29 is 14.6 Å². The van der Waals surface area contributed by atoms with Gasteiger partial charge in [-0.2, -0.15) is 0 Å². The van der Waals surface area contributed by atoms with Crippen molar-refractivity contribution in [3.63, 3.8) is 0 Å². The van der Waals surface area contributed by atoms with Gasteiger partial charge in [0.05, 0.1) is 12.7 Å². The quantitative estimate of drug-likeness (QED) is 0.669. The average molecular weight is 337 g/mol. The second kappa shape index (κ2) is 7.45. The van der Waals surface area contributed by atoms with E-state index in [9.17, 15) is 9.90 Å². The van der Waals surface area contributed by atoms with E-state index in [1.165, 1.54) is 7.11 Å². The van der Waals surface area contributed by atoms with Gasteiger partial charge in [-0.15, -0.1) is 0 Å². The van der Waals surface area contributed by atoms with Gasteiger partial charge in [-0.05, 0) is 23.8 Å². The van der Waals surface area contributed by atoms with E-state index in [4.69, 9.17) is 27.9 Å². The van der Waals surface area contributed by atoms with E-state index in [0.29, 0.717) is 0 Å². The molecule has 0 aliphatic heterocycles. The Morgan fingerprint density at radius 2 is 1.68 bits per heavy atom. The van der Waals surface area contributed by atoms with Crippen molar-refractivity contribution in [2.24, 2.45) is 0 Å². The molecule has 0 heterocycles. The van der Waals surface area contributed by atoms with Gasteiger partial charge >= 0.3 is 5.97 Å². The molecule has 0 aromatic heterocycles. The third-order valence-electron chi connectivity index (χ3n) is 3.11. The van der Waals surface area contributed by atoms with Crippen LogP contribution < -0.4 is 0 Å². The normalized spacial score (nSPS) is 12.8. The summed E-state index contributed by atoms with van der Waals surface area (Å²) < 4.78 is 4.75. The molecule has 5 heteroatoms. The predicted molar refractivity (Wildman–Crippen MR) is 87.9 cm³/mol. The van der Waals surface area contributed by atoms with Crippen molar-refractivity contribution >= 4 is 35.2 Å². The highest BCUT2D eigenvalue weighted by molar-refractivity contribution is 6.36. The van der Waals surface area contributed by atoms with Crippen LogP contribution in [0, 0.1) is 0 Å². The van der Waals surface area contributed by atoms with Gasteiger partial charge < -0.3 is 9.84 Å². The molecule has 2 aromatic rings. The lowest BCUT2D eigenvalue weighted by Crippen LogP contribution is -2.14. The Bertz CT molecular complexity index is 676. The van der Waals surface area contributed by atoms with Crippen LogP contribution in [-0.2, 0) is 9.53 Å². The molecule has 1 unspecified atom stereocenters. The lowest BCUT2D eigenvalue weighted by Gasteiger charge is -2.16. The highest BCUT2D eigenvalue weighted by Crippen LogP contribution is 2.35. The van der Waals surface area contributed by atoms with Gasteiger partial charge in [0.1, 0.15) is 6.10 Å². The first-order chi connectivity index (χ1) is 10.5. The first kappa shape index (κ1) is 16.6. The summed E-state index contributed by atoms with van der Waals surface area (Å²) in [6, 6.07) is 14.0. The van der Waals surface area contributed by atoms with E-state index in [0.717, 1.165) is 5.56 Å². The van der Waals surface area contributed by atoms with E-state index >= 15 is 0 Å². The number of benzene rings is 2. The standard InChI is InChI=1S/C17H14Cl2O3/c1-22-17(21)12(10-11-6-3-2-4-7-11)16(20)15-13(18)8-5-9-14(15)19/h2-10,16,20H,1H3/b12-10-. The summed E-state index contributed by atoms with van der Waals surface area (Å²) in [6.07, 6.45) is 0.268. The van der Waals surface area contributed by atoms with Crippen LogP contribution in [0.1, 0.15) is 17.2 Å². The van der Waals surface area contributed by atoms with Crippen molar-refractivity contribution in [2.75, 3.05) is 7.11 Å². The van der Waals surface area contributed by atoms with E-state index in [1.54, 1.807) is 24.3 Å². The molecule has 0 saturated carbocycles. The number of methoxy groups -OCH3 is 1. The Morgan fingerprint density at radius 1 is 1.09 bits per heavy atom. The van der Waals surface area contributed by atoms with Gasteiger partial charge in [-0.25, -0.2) is 4.79 Å². The lowest BCUT2D eigenvalue weighted by atomic mass is 9.99. The molecule has 0 fully saturated rings.